The number of aldehydes is 1. The molecule has 0 spiro atoms. The summed E-state index contributed by atoms with van der Waals surface area (Å²) in [7, 11) is 6.10. The maximum absolute atomic E-state index is 10.3. The largest absolute Gasteiger partial charge is 0.390 e. The van der Waals surface area contributed by atoms with Crippen molar-refractivity contribution in [3.8, 4) is 0 Å². The van der Waals surface area contributed by atoms with Crippen molar-refractivity contribution < 1.29 is 4.79 Å². The van der Waals surface area contributed by atoms with Crippen molar-refractivity contribution in [3.63, 3.8) is 0 Å². The van der Waals surface area contributed by atoms with Crippen molar-refractivity contribution in [2.45, 2.75) is 47.1 Å². The highest BCUT2D eigenvalue weighted by atomic mass is 16.1. The molecule has 1 aromatic carbocycles. The lowest BCUT2D eigenvalue weighted by Crippen LogP contribution is -2.23. The van der Waals surface area contributed by atoms with Crippen LogP contribution in [0.25, 0.3) is 0 Å². The minimum atomic E-state index is 0.565. The SMILES string of the molecule is CC.CCCC.CNCCN(C)C.NC=NCc1ccc(C=O)cc1. The molecule has 1 aromatic rings. The molecule has 146 valence electrons. The fraction of sp³-hybridized carbons (Fsp3) is 0.600. The Morgan fingerprint density at radius 3 is 1.92 bits per heavy atom. The minimum absolute atomic E-state index is 0.565. The first kappa shape index (κ1) is 28.1. The molecule has 0 fully saturated rings. The van der Waals surface area contributed by atoms with Crippen LogP contribution >= 0.6 is 0 Å². The second kappa shape index (κ2) is 24.5. The van der Waals surface area contributed by atoms with Crippen molar-refractivity contribution in [2.75, 3.05) is 34.2 Å². The number of hydrogen-bond acceptors (Lipinski definition) is 4. The molecular weight excluding hydrogens is 312 g/mol. The molecule has 5 heteroatoms. The monoisotopic (exact) mass is 352 g/mol. The number of rotatable bonds is 7. The van der Waals surface area contributed by atoms with Crippen molar-refractivity contribution >= 4 is 12.6 Å². The van der Waals surface area contributed by atoms with E-state index in [0.29, 0.717) is 12.1 Å². The Kier molecular flexibility index (Phi) is 27.6. The van der Waals surface area contributed by atoms with E-state index in [1.54, 1.807) is 12.1 Å². The van der Waals surface area contributed by atoms with Crippen LogP contribution in [0.4, 0.5) is 0 Å². The molecule has 0 radical (unpaired) electrons. The van der Waals surface area contributed by atoms with Crippen molar-refractivity contribution in [1.29, 1.82) is 0 Å². The number of nitrogens with one attached hydrogen (secondary N) is 1. The number of benzene rings is 1. The maximum atomic E-state index is 10.3. The van der Waals surface area contributed by atoms with Crippen LogP contribution < -0.4 is 11.1 Å². The molecule has 25 heavy (non-hydrogen) atoms. The van der Waals surface area contributed by atoms with Gasteiger partial charge in [-0.15, -0.1) is 0 Å². The third-order valence-electron chi connectivity index (χ3n) is 2.80. The van der Waals surface area contributed by atoms with Crippen LogP contribution in [0, 0.1) is 0 Å². The van der Waals surface area contributed by atoms with Crippen LogP contribution in [0.1, 0.15) is 56.5 Å². The van der Waals surface area contributed by atoms with E-state index in [4.69, 9.17) is 5.73 Å². The number of carbonyl (C=O) groups is 1. The molecule has 0 unspecified atom stereocenters. The van der Waals surface area contributed by atoms with Crippen molar-refractivity contribution in [3.05, 3.63) is 35.4 Å². The van der Waals surface area contributed by atoms with Gasteiger partial charge in [0.15, 0.2) is 0 Å². The van der Waals surface area contributed by atoms with E-state index in [1.807, 2.05) is 33.0 Å². The molecule has 0 atom stereocenters. The summed E-state index contributed by atoms with van der Waals surface area (Å²) in [6.07, 6.45) is 4.73. The average Bonchev–Trinajstić information content (AvgIpc) is 2.67. The normalized spacial score (nSPS) is 9.28. The highest BCUT2D eigenvalue weighted by Gasteiger charge is 1.90. The van der Waals surface area contributed by atoms with E-state index in [2.05, 4.69) is 43.2 Å². The van der Waals surface area contributed by atoms with Crippen molar-refractivity contribution in [2.24, 2.45) is 10.7 Å². The van der Waals surface area contributed by atoms with Gasteiger partial charge in [-0.1, -0.05) is 64.8 Å². The summed E-state index contributed by atoms with van der Waals surface area (Å²) in [6.45, 7) is 11.1. The first-order valence-electron chi connectivity index (χ1n) is 9.09. The molecule has 0 saturated heterocycles. The van der Waals surface area contributed by atoms with Gasteiger partial charge in [0.05, 0.1) is 12.9 Å². The number of nitrogens with zero attached hydrogens (tertiary/aromatic N) is 2. The molecule has 0 aliphatic rings. The standard InChI is InChI=1S/C9H10N2O.C5H14N2.C4H10.C2H6/c10-7-11-5-8-1-3-9(6-12)4-2-8;1-6-4-5-7(2)3;1-3-4-2;1-2/h1-4,6-7H,5H2,(H2,10,11);6H,4-5H2,1-3H3;3-4H2,1-2H3;1-2H3. The van der Waals surface area contributed by atoms with Gasteiger partial charge in [-0.3, -0.25) is 9.79 Å². The summed E-state index contributed by atoms with van der Waals surface area (Å²) < 4.78 is 0. The summed E-state index contributed by atoms with van der Waals surface area (Å²) in [5.41, 5.74) is 6.80. The molecular formula is C20H40N4O. The van der Waals surface area contributed by atoms with Gasteiger partial charge in [-0.05, 0) is 26.7 Å². The summed E-state index contributed by atoms with van der Waals surface area (Å²) in [4.78, 5) is 16.3. The second-order valence-electron chi connectivity index (χ2n) is 5.26. The highest BCUT2D eigenvalue weighted by Crippen LogP contribution is 2.03. The van der Waals surface area contributed by atoms with Gasteiger partial charge in [0.2, 0.25) is 0 Å². The van der Waals surface area contributed by atoms with E-state index < -0.39 is 0 Å². The zero-order chi connectivity index (χ0) is 19.9. The Balaban J connectivity index is -0.000000317. The third kappa shape index (κ3) is 24.7. The molecule has 1 rings (SSSR count). The summed E-state index contributed by atoms with van der Waals surface area (Å²) in [5, 5.41) is 3.06. The maximum Gasteiger partial charge on any atom is 0.150 e. The highest BCUT2D eigenvalue weighted by molar-refractivity contribution is 5.74. The lowest BCUT2D eigenvalue weighted by molar-refractivity contribution is 0.112. The number of aliphatic imine (C=N–C) groups is 1. The number of unbranched alkanes of at least 4 members (excludes halogenated alkanes) is 1. The molecule has 0 heterocycles. The Bertz CT molecular complexity index is 387. The van der Waals surface area contributed by atoms with Crippen LogP contribution in [0.5, 0.6) is 0 Å². The number of likely N-dealkylation sites (N-methyl/N-ethyl adjacent to an activating group) is 2. The summed E-state index contributed by atoms with van der Waals surface area (Å²) in [6, 6.07) is 7.23. The van der Waals surface area contributed by atoms with Crippen LogP contribution in [-0.4, -0.2) is 51.8 Å². The van der Waals surface area contributed by atoms with Crippen LogP contribution in [0.3, 0.4) is 0 Å². The minimum Gasteiger partial charge on any atom is -0.390 e. The number of nitrogens with two attached hydrogens (primary N) is 1. The number of carbonyl (C=O) groups excluding carboxylic acids is 1. The zero-order valence-electron chi connectivity index (χ0n) is 17.4. The Labute approximate surface area is 155 Å². The first-order chi connectivity index (χ1) is 12.0. The zero-order valence-corrected chi connectivity index (χ0v) is 17.4. The lowest BCUT2D eigenvalue weighted by Gasteiger charge is -2.06. The Morgan fingerprint density at radius 2 is 1.64 bits per heavy atom. The fourth-order valence-electron chi connectivity index (χ4n) is 1.20. The van der Waals surface area contributed by atoms with Crippen LogP contribution in [-0.2, 0) is 6.54 Å². The quantitative estimate of drug-likeness (QED) is 0.447. The third-order valence-corrected chi connectivity index (χ3v) is 2.80. The summed E-state index contributed by atoms with van der Waals surface area (Å²) >= 11 is 0. The topological polar surface area (TPSA) is 70.7 Å². The molecule has 0 aromatic heterocycles. The van der Waals surface area contributed by atoms with Crippen LogP contribution in [0.15, 0.2) is 29.3 Å². The van der Waals surface area contributed by atoms with Gasteiger partial charge < -0.3 is 16.0 Å². The van der Waals surface area contributed by atoms with E-state index >= 15 is 0 Å². The van der Waals surface area contributed by atoms with Crippen LogP contribution in [0.2, 0.25) is 0 Å². The molecule has 0 bridgehead atoms. The van der Waals surface area contributed by atoms with Gasteiger partial charge in [-0.25, -0.2) is 0 Å². The Hall–Kier alpha value is -1.72. The second-order valence-corrected chi connectivity index (χ2v) is 5.26. The smallest absolute Gasteiger partial charge is 0.150 e. The Morgan fingerprint density at radius 1 is 1.12 bits per heavy atom. The number of hydrogen-bond donors (Lipinski definition) is 2. The van der Waals surface area contributed by atoms with Crippen molar-refractivity contribution in [1.82, 2.24) is 10.2 Å². The van der Waals surface area contributed by atoms with Gasteiger partial charge in [0, 0.05) is 18.7 Å². The average molecular weight is 353 g/mol. The predicted molar refractivity (Wildman–Crippen MR) is 113 cm³/mol. The van der Waals surface area contributed by atoms with E-state index in [0.717, 1.165) is 24.9 Å². The van der Waals surface area contributed by atoms with E-state index in [9.17, 15) is 4.79 Å². The van der Waals surface area contributed by atoms with E-state index in [1.165, 1.54) is 19.2 Å². The lowest BCUT2D eigenvalue weighted by atomic mass is 10.1. The summed E-state index contributed by atoms with van der Waals surface area (Å²) in [5.74, 6) is 0. The first-order valence-corrected chi connectivity index (χ1v) is 9.09. The molecule has 0 saturated carbocycles. The molecule has 5 nitrogen and oxygen atoms in total. The van der Waals surface area contributed by atoms with Gasteiger partial charge in [0.1, 0.15) is 6.29 Å². The predicted octanol–water partition coefficient (Wildman–Crippen LogP) is 3.59. The fourth-order valence-corrected chi connectivity index (χ4v) is 1.20. The molecule has 3 N–H and O–H groups in total. The van der Waals surface area contributed by atoms with Gasteiger partial charge in [-0.2, -0.15) is 0 Å². The molecule has 0 aliphatic carbocycles. The molecule has 0 amide bonds. The van der Waals surface area contributed by atoms with Gasteiger partial charge >= 0.3 is 0 Å². The van der Waals surface area contributed by atoms with E-state index in [-0.39, 0.29) is 0 Å². The molecule has 0 aliphatic heterocycles. The van der Waals surface area contributed by atoms with Gasteiger partial charge in [0.25, 0.3) is 0 Å².